The molecule has 3 rings (SSSR count). The summed E-state index contributed by atoms with van der Waals surface area (Å²) in [5, 5.41) is 22.7. The molecule has 1 aliphatic heterocycles. The van der Waals surface area contributed by atoms with Gasteiger partial charge in [0.1, 0.15) is 5.57 Å². The number of urea groups is 1. The second kappa shape index (κ2) is 9.81. The highest BCUT2D eigenvalue weighted by atomic mass is 16.6. The molecular weight excluding hydrogens is 434 g/mol. The molecule has 0 saturated carbocycles. The monoisotopic (exact) mass is 455 g/mol. The summed E-state index contributed by atoms with van der Waals surface area (Å²) in [5.74, 6) is -1.68. The molecule has 0 bridgehead atoms. The summed E-state index contributed by atoms with van der Waals surface area (Å²) in [6.45, 7) is 4.47. The fraction of sp³-hybridized carbons (Fsp3) is 0.227. The minimum Gasteiger partial charge on any atom is -0.502 e. The Kier molecular flexibility index (Phi) is 6.91. The molecular formula is C22H21N3O8. The van der Waals surface area contributed by atoms with Gasteiger partial charge in [-0.25, -0.2) is 9.69 Å². The summed E-state index contributed by atoms with van der Waals surface area (Å²) in [5.41, 5.74) is -0.755. The van der Waals surface area contributed by atoms with E-state index in [1.165, 1.54) is 18.2 Å². The van der Waals surface area contributed by atoms with Crippen molar-refractivity contribution in [1.82, 2.24) is 5.32 Å². The number of aromatic hydroxyl groups is 1. The van der Waals surface area contributed by atoms with Gasteiger partial charge in [-0.3, -0.25) is 25.0 Å². The number of hydrogen-bond acceptors (Lipinski definition) is 8. The van der Waals surface area contributed by atoms with Gasteiger partial charge in [-0.2, -0.15) is 0 Å². The van der Waals surface area contributed by atoms with E-state index in [0.717, 1.165) is 29.5 Å². The average molecular weight is 455 g/mol. The lowest BCUT2D eigenvalue weighted by Crippen LogP contribution is -2.54. The molecule has 172 valence electrons. The number of anilines is 1. The first-order chi connectivity index (χ1) is 15.8. The lowest BCUT2D eigenvalue weighted by atomic mass is 10.1. The average Bonchev–Trinajstić information content (AvgIpc) is 2.77. The zero-order valence-corrected chi connectivity index (χ0v) is 17.9. The van der Waals surface area contributed by atoms with Gasteiger partial charge >= 0.3 is 11.7 Å². The molecule has 1 aliphatic rings. The van der Waals surface area contributed by atoms with Crippen LogP contribution in [0.25, 0.3) is 6.08 Å². The number of carbonyl (C=O) groups is 3. The van der Waals surface area contributed by atoms with Gasteiger partial charge in [0, 0.05) is 12.1 Å². The highest BCUT2D eigenvalue weighted by molar-refractivity contribution is 6.39. The second-order valence-corrected chi connectivity index (χ2v) is 6.88. The standard InChI is InChI=1S/C22H21N3O8/c1-3-9-33-18-8-6-14(12-19(18)32-4-2)24-21(28)15(20(27)23-22(24)29)10-13-5-7-17(26)16(11-13)25(30)31/h5-8,10-12,26H,3-4,9H2,1-2H3,(H,23,27,29)/b15-10+. The van der Waals surface area contributed by atoms with E-state index < -0.39 is 39.8 Å². The number of imide groups is 2. The van der Waals surface area contributed by atoms with Crippen LogP contribution in [0.5, 0.6) is 17.2 Å². The summed E-state index contributed by atoms with van der Waals surface area (Å²) in [6, 6.07) is 6.90. The summed E-state index contributed by atoms with van der Waals surface area (Å²) in [4.78, 5) is 48.9. The van der Waals surface area contributed by atoms with Gasteiger partial charge < -0.3 is 14.6 Å². The molecule has 0 aromatic heterocycles. The van der Waals surface area contributed by atoms with Crippen molar-refractivity contribution in [3.63, 3.8) is 0 Å². The number of amides is 4. The van der Waals surface area contributed by atoms with Crippen LogP contribution in [0.2, 0.25) is 0 Å². The van der Waals surface area contributed by atoms with Gasteiger partial charge in [-0.15, -0.1) is 0 Å². The van der Waals surface area contributed by atoms with Gasteiger partial charge in [0.25, 0.3) is 11.8 Å². The SMILES string of the molecule is CCCOc1ccc(N2C(=O)NC(=O)/C(=C\c3ccc(O)c([N+](=O)[O-])c3)C2=O)cc1OCC. The Morgan fingerprint density at radius 3 is 2.52 bits per heavy atom. The fourth-order valence-electron chi connectivity index (χ4n) is 3.07. The third kappa shape index (κ3) is 4.92. The number of nitrogens with one attached hydrogen (secondary N) is 1. The molecule has 33 heavy (non-hydrogen) atoms. The number of rotatable bonds is 8. The van der Waals surface area contributed by atoms with Crippen molar-refractivity contribution in [2.24, 2.45) is 0 Å². The van der Waals surface area contributed by atoms with Crippen molar-refractivity contribution < 1.29 is 33.9 Å². The molecule has 2 N–H and O–H groups in total. The Labute approximate surface area is 188 Å². The van der Waals surface area contributed by atoms with Crippen LogP contribution in [0.3, 0.4) is 0 Å². The van der Waals surface area contributed by atoms with Gasteiger partial charge in [0.2, 0.25) is 0 Å². The summed E-state index contributed by atoms with van der Waals surface area (Å²) >= 11 is 0. The summed E-state index contributed by atoms with van der Waals surface area (Å²) in [6.07, 6.45) is 1.87. The zero-order valence-electron chi connectivity index (χ0n) is 17.9. The van der Waals surface area contributed by atoms with Gasteiger partial charge in [0.05, 0.1) is 23.8 Å². The molecule has 1 fully saturated rings. The van der Waals surface area contributed by atoms with Crippen molar-refractivity contribution in [2.75, 3.05) is 18.1 Å². The van der Waals surface area contributed by atoms with Crippen LogP contribution in [-0.2, 0) is 9.59 Å². The largest absolute Gasteiger partial charge is 0.502 e. The van der Waals surface area contributed by atoms with E-state index in [1.54, 1.807) is 13.0 Å². The Morgan fingerprint density at radius 1 is 1.09 bits per heavy atom. The lowest BCUT2D eigenvalue weighted by molar-refractivity contribution is -0.385. The quantitative estimate of drug-likeness (QED) is 0.267. The Morgan fingerprint density at radius 2 is 1.85 bits per heavy atom. The van der Waals surface area contributed by atoms with E-state index >= 15 is 0 Å². The van der Waals surface area contributed by atoms with Gasteiger partial charge in [0.15, 0.2) is 17.2 Å². The third-order valence-corrected chi connectivity index (χ3v) is 4.56. The number of nitro benzene ring substituents is 1. The van der Waals surface area contributed by atoms with Crippen LogP contribution in [0.4, 0.5) is 16.2 Å². The molecule has 2 aromatic rings. The topological polar surface area (TPSA) is 148 Å². The van der Waals surface area contributed by atoms with Crippen LogP contribution in [0.15, 0.2) is 42.0 Å². The Bertz CT molecular complexity index is 1160. The maximum absolute atomic E-state index is 13.1. The van der Waals surface area contributed by atoms with Crippen molar-refractivity contribution in [2.45, 2.75) is 20.3 Å². The zero-order chi connectivity index (χ0) is 24.1. The Hall–Kier alpha value is -4.41. The van der Waals surface area contributed by atoms with Crippen molar-refractivity contribution >= 4 is 35.3 Å². The van der Waals surface area contributed by atoms with Crippen molar-refractivity contribution in [3.8, 4) is 17.2 Å². The maximum Gasteiger partial charge on any atom is 0.335 e. The normalized spacial score (nSPS) is 14.9. The van der Waals surface area contributed by atoms with E-state index in [0.29, 0.717) is 24.7 Å². The number of nitro groups is 1. The first kappa shape index (κ1) is 23.3. The third-order valence-electron chi connectivity index (χ3n) is 4.56. The molecule has 11 heteroatoms. The molecule has 4 amide bonds. The number of phenols is 1. The number of carbonyl (C=O) groups excluding carboxylic acids is 3. The molecule has 0 aliphatic carbocycles. The van der Waals surface area contributed by atoms with Crippen LogP contribution in [-0.4, -0.2) is 41.1 Å². The van der Waals surface area contributed by atoms with Crippen LogP contribution in [0.1, 0.15) is 25.8 Å². The highest BCUT2D eigenvalue weighted by Gasteiger charge is 2.37. The Balaban J connectivity index is 2.00. The van der Waals surface area contributed by atoms with Gasteiger partial charge in [-0.05, 0) is 43.2 Å². The molecule has 0 unspecified atom stereocenters. The number of nitrogens with zero attached hydrogens (tertiary/aromatic N) is 2. The number of hydrogen-bond donors (Lipinski definition) is 2. The molecule has 0 atom stereocenters. The second-order valence-electron chi connectivity index (χ2n) is 6.88. The van der Waals surface area contributed by atoms with Crippen LogP contribution < -0.4 is 19.7 Å². The predicted octanol–water partition coefficient (Wildman–Crippen LogP) is 3.15. The lowest BCUT2D eigenvalue weighted by Gasteiger charge is -2.27. The number of barbiturate groups is 1. The van der Waals surface area contributed by atoms with E-state index in [9.17, 15) is 29.6 Å². The van der Waals surface area contributed by atoms with E-state index in [4.69, 9.17) is 9.47 Å². The molecule has 0 radical (unpaired) electrons. The van der Waals surface area contributed by atoms with Crippen LogP contribution in [0, 0.1) is 10.1 Å². The molecule has 0 spiro atoms. The molecule has 11 nitrogen and oxygen atoms in total. The molecule has 1 heterocycles. The summed E-state index contributed by atoms with van der Waals surface area (Å²) < 4.78 is 11.2. The minimum absolute atomic E-state index is 0.116. The van der Waals surface area contributed by atoms with E-state index in [1.807, 2.05) is 6.92 Å². The predicted molar refractivity (Wildman–Crippen MR) is 117 cm³/mol. The number of phenolic OH excluding ortho intramolecular Hbond substituents is 1. The van der Waals surface area contributed by atoms with Crippen molar-refractivity contribution in [3.05, 3.63) is 57.6 Å². The smallest absolute Gasteiger partial charge is 0.335 e. The molecule has 1 saturated heterocycles. The van der Waals surface area contributed by atoms with Crippen molar-refractivity contribution in [1.29, 1.82) is 0 Å². The van der Waals surface area contributed by atoms with Gasteiger partial charge in [-0.1, -0.05) is 13.0 Å². The highest BCUT2D eigenvalue weighted by Crippen LogP contribution is 2.34. The van der Waals surface area contributed by atoms with Crippen LogP contribution >= 0.6 is 0 Å². The number of ether oxygens (including phenoxy) is 2. The van der Waals surface area contributed by atoms with E-state index in [2.05, 4.69) is 5.32 Å². The number of benzene rings is 2. The first-order valence-corrected chi connectivity index (χ1v) is 10.0. The fourth-order valence-corrected chi connectivity index (χ4v) is 3.07. The maximum atomic E-state index is 13.1. The first-order valence-electron chi connectivity index (χ1n) is 10.0. The minimum atomic E-state index is -0.955. The summed E-state index contributed by atoms with van der Waals surface area (Å²) in [7, 11) is 0. The van der Waals surface area contributed by atoms with E-state index in [-0.39, 0.29) is 11.3 Å². The molecule has 2 aromatic carbocycles.